The van der Waals surface area contributed by atoms with Gasteiger partial charge in [-0.15, -0.1) is 0 Å². The van der Waals surface area contributed by atoms with E-state index in [4.69, 9.17) is 23.2 Å². The van der Waals surface area contributed by atoms with Crippen molar-refractivity contribution in [2.24, 2.45) is 41.4 Å². The van der Waals surface area contributed by atoms with Crippen LogP contribution in [0.15, 0.2) is 96.6 Å². The number of imide groups is 2. The highest BCUT2D eigenvalue weighted by atomic mass is 35.5. The highest BCUT2D eigenvalue weighted by Gasteiger charge is 2.67. The van der Waals surface area contributed by atoms with Gasteiger partial charge in [-0.2, -0.15) is 0 Å². The third-order valence-corrected chi connectivity index (χ3v) is 10.2. The van der Waals surface area contributed by atoms with E-state index in [0.29, 0.717) is 27.8 Å². The number of carbonyl (C=O) groups excluding carboxylic acids is 4. The fourth-order valence-electron chi connectivity index (χ4n) is 8.26. The van der Waals surface area contributed by atoms with Gasteiger partial charge in [-0.1, -0.05) is 83.4 Å². The molecule has 6 nitrogen and oxygen atoms in total. The van der Waals surface area contributed by atoms with Crippen molar-refractivity contribution in [3.05, 3.63) is 112 Å². The molecule has 2 heterocycles. The van der Waals surface area contributed by atoms with Crippen LogP contribution in [0.2, 0.25) is 10.0 Å². The summed E-state index contributed by atoms with van der Waals surface area (Å²) in [5, 5.41) is 0.872. The molecule has 3 aromatic rings. The number of hydrogen-bond donors (Lipinski definition) is 0. The van der Waals surface area contributed by atoms with Crippen LogP contribution in [0.1, 0.15) is 12.0 Å². The minimum Gasteiger partial charge on any atom is -0.274 e. The van der Waals surface area contributed by atoms with Crippen LogP contribution in [0, 0.1) is 41.4 Å². The number of rotatable bonds is 3. The molecule has 2 aliphatic heterocycles. The maximum absolute atomic E-state index is 14.2. The first-order chi connectivity index (χ1) is 20.3. The lowest BCUT2D eigenvalue weighted by Gasteiger charge is -2.51. The van der Waals surface area contributed by atoms with Gasteiger partial charge in [0.2, 0.25) is 23.6 Å². The van der Waals surface area contributed by atoms with Crippen LogP contribution in [-0.4, -0.2) is 23.6 Å². The van der Waals surface area contributed by atoms with Gasteiger partial charge in [0.15, 0.2) is 0 Å². The van der Waals surface area contributed by atoms with Gasteiger partial charge in [0.1, 0.15) is 0 Å². The smallest absolute Gasteiger partial charge is 0.238 e. The standard InChI is InChI=1S/C34H24Cl2N2O4/c35-18-8-4-10-20(14-18)37-31(39)25-16-24(17-6-2-1-3-7-17)26-22-12-13-23(27(26)30(25)34(37)42)29-28(22)32(40)38(33(29)41)21-11-5-9-19(36)15-21/h1-15,22-23,25,27-30H,16H2/t22-,23+,25-,27+,28-,29-,30+/m1/s1. The fourth-order valence-corrected chi connectivity index (χ4v) is 8.62. The molecule has 2 bridgehead atoms. The van der Waals surface area contributed by atoms with Gasteiger partial charge in [0.25, 0.3) is 0 Å². The van der Waals surface area contributed by atoms with Gasteiger partial charge < -0.3 is 0 Å². The predicted octanol–water partition coefficient (Wildman–Crippen LogP) is 6.19. The number of halogens is 2. The van der Waals surface area contributed by atoms with E-state index < -0.39 is 29.6 Å². The van der Waals surface area contributed by atoms with Crippen molar-refractivity contribution in [1.29, 1.82) is 0 Å². The quantitative estimate of drug-likeness (QED) is 0.267. The third-order valence-electron chi connectivity index (χ3n) is 9.76. The highest BCUT2D eigenvalue weighted by molar-refractivity contribution is 6.32. The second-order valence-electron chi connectivity index (χ2n) is 11.7. The van der Waals surface area contributed by atoms with Crippen molar-refractivity contribution in [1.82, 2.24) is 0 Å². The van der Waals surface area contributed by atoms with E-state index >= 15 is 0 Å². The van der Waals surface area contributed by atoms with Gasteiger partial charge in [0.05, 0.1) is 35.0 Å². The summed E-state index contributed by atoms with van der Waals surface area (Å²) in [6.07, 6.45) is 4.44. The Balaban J connectivity index is 1.29. The number of nitrogens with zero attached hydrogens (tertiary/aromatic N) is 2. The Bertz CT molecular complexity index is 1780. The third kappa shape index (κ3) is 3.45. The van der Waals surface area contributed by atoms with Crippen LogP contribution >= 0.6 is 23.2 Å². The topological polar surface area (TPSA) is 74.8 Å². The molecule has 0 aromatic heterocycles. The molecular formula is C34H24Cl2N2O4. The summed E-state index contributed by atoms with van der Waals surface area (Å²) in [5.41, 5.74) is 3.87. The molecule has 0 radical (unpaired) electrons. The van der Waals surface area contributed by atoms with Gasteiger partial charge >= 0.3 is 0 Å². The van der Waals surface area contributed by atoms with Gasteiger partial charge in [-0.3, -0.25) is 19.2 Å². The first-order valence-corrected chi connectivity index (χ1v) is 14.8. The van der Waals surface area contributed by atoms with Crippen LogP contribution in [0.3, 0.4) is 0 Å². The van der Waals surface area contributed by atoms with Crippen molar-refractivity contribution in [2.45, 2.75) is 6.42 Å². The number of allylic oxidation sites excluding steroid dienone is 4. The van der Waals surface area contributed by atoms with Crippen LogP contribution in [0.5, 0.6) is 0 Å². The van der Waals surface area contributed by atoms with Gasteiger partial charge in [0, 0.05) is 21.9 Å². The van der Waals surface area contributed by atoms with E-state index in [1.165, 1.54) is 9.80 Å². The van der Waals surface area contributed by atoms with E-state index in [1.807, 2.05) is 42.5 Å². The lowest BCUT2D eigenvalue weighted by molar-refractivity contribution is -0.129. The van der Waals surface area contributed by atoms with Gasteiger partial charge in [-0.25, -0.2) is 9.80 Å². The van der Waals surface area contributed by atoms with Crippen LogP contribution in [-0.2, 0) is 19.2 Å². The Labute approximate surface area is 252 Å². The van der Waals surface area contributed by atoms with E-state index in [1.54, 1.807) is 48.5 Å². The zero-order valence-electron chi connectivity index (χ0n) is 22.2. The molecule has 0 N–H and O–H groups in total. The van der Waals surface area contributed by atoms with Crippen LogP contribution in [0.4, 0.5) is 11.4 Å². The summed E-state index contributed by atoms with van der Waals surface area (Å²) in [6, 6.07) is 23.4. The van der Waals surface area contributed by atoms with Crippen molar-refractivity contribution < 1.29 is 19.2 Å². The molecule has 0 unspecified atom stereocenters. The lowest BCUT2D eigenvalue weighted by Crippen LogP contribution is -2.51. The molecule has 208 valence electrons. The Kier molecular flexibility index (Phi) is 5.66. The zero-order valence-corrected chi connectivity index (χ0v) is 23.7. The molecular weight excluding hydrogens is 571 g/mol. The van der Waals surface area contributed by atoms with Crippen LogP contribution in [0.25, 0.3) is 5.57 Å². The molecule has 7 atom stereocenters. The first-order valence-electron chi connectivity index (χ1n) is 14.1. The van der Waals surface area contributed by atoms with E-state index in [2.05, 4.69) is 0 Å². The number of benzene rings is 3. The van der Waals surface area contributed by atoms with Crippen molar-refractivity contribution >= 4 is 63.8 Å². The summed E-state index contributed by atoms with van der Waals surface area (Å²) in [6.45, 7) is 0. The normalized spacial score (nSPS) is 31.1. The van der Waals surface area contributed by atoms with Crippen LogP contribution < -0.4 is 9.80 Å². The maximum Gasteiger partial charge on any atom is 0.238 e. The maximum atomic E-state index is 14.2. The Morgan fingerprint density at radius 1 is 0.595 bits per heavy atom. The summed E-state index contributed by atoms with van der Waals surface area (Å²) < 4.78 is 0. The molecule has 9 rings (SSSR count). The van der Waals surface area contributed by atoms with E-state index in [-0.39, 0.29) is 35.5 Å². The fraction of sp³-hybridized carbons (Fsp3) is 0.235. The molecule has 8 heteroatoms. The zero-order chi connectivity index (χ0) is 28.9. The molecule has 42 heavy (non-hydrogen) atoms. The van der Waals surface area contributed by atoms with Crippen molar-refractivity contribution in [3.8, 4) is 0 Å². The minimum absolute atomic E-state index is 0.249. The average Bonchev–Trinajstić information content (AvgIpc) is 3.42. The summed E-state index contributed by atoms with van der Waals surface area (Å²) in [4.78, 5) is 58.9. The average molecular weight is 595 g/mol. The SMILES string of the molecule is O=C1[C@@H]2[C@H]3C=C[C@H](C4=C(c5ccccc5)C[C@H]5C(=O)N(c6cccc(Cl)c6)C(=O)[C@@H]5[C@H]43)[C@H]2C(=O)N1c1cccc(Cl)c1. The number of carbonyl (C=O) groups is 4. The molecule has 1 saturated carbocycles. The predicted molar refractivity (Wildman–Crippen MR) is 159 cm³/mol. The van der Waals surface area contributed by atoms with Crippen molar-refractivity contribution in [2.75, 3.05) is 9.80 Å². The Hall–Kier alpha value is -4.00. The molecule has 0 spiro atoms. The van der Waals surface area contributed by atoms with Gasteiger partial charge in [-0.05, 0) is 59.9 Å². The number of anilines is 2. The first kappa shape index (κ1) is 25.7. The monoisotopic (exact) mass is 594 g/mol. The summed E-state index contributed by atoms with van der Waals surface area (Å²) >= 11 is 12.5. The van der Waals surface area contributed by atoms with E-state index in [0.717, 1.165) is 16.7 Å². The molecule has 4 amide bonds. The largest absolute Gasteiger partial charge is 0.274 e. The number of amides is 4. The Morgan fingerprint density at radius 3 is 1.83 bits per heavy atom. The minimum atomic E-state index is -0.638. The molecule has 2 saturated heterocycles. The Morgan fingerprint density at radius 2 is 1.19 bits per heavy atom. The number of fused-ring (bicyclic) bond motifs is 1. The lowest BCUT2D eigenvalue weighted by atomic mass is 9.49. The summed E-state index contributed by atoms with van der Waals surface area (Å²) in [5.74, 6) is -4.63. The molecule has 6 aliphatic rings. The summed E-state index contributed by atoms with van der Waals surface area (Å²) in [7, 11) is 0. The second kappa shape index (κ2) is 9.25. The second-order valence-corrected chi connectivity index (χ2v) is 12.6. The molecule has 3 fully saturated rings. The molecule has 4 aliphatic carbocycles. The van der Waals surface area contributed by atoms with E-state index in [9.17, 15) is 19.2 Å². The highest BCUT2D eigenvalue weighted by Crippen LogP contribution is 2.63. The number of hydrogen-bond acceptors (Lipinski definition) is 4. The molecule has 3 aromatic carbocycles. The van der Waals surface area contributed by atoms with Crippen molar-refractivity contribution in [3.63, 3.8) is 0 Å².